The topological polar surface area (TPSA) is 109 Å². The summed E-state index contributed by atoms with van der Waals surface area (Å²) in [4.78, 5) is 27.5. The van der Waals surface area contributed by atoms with Gasteiger partial charge in [-0.2, -0.15) is 5.10 Å². The summed E-state index contributed by atoms with van der Waals surface area (Å²) in [5.41, 5.74) is 5.57. The molecular weight excluding hydrogens is 418 g/mol. The van der Waals surface area contributed by atoms with Crippen molar-refractivity contribution >= 4 is 17.5 Å². The Morgan fingerprint density at radius 1 is 1.24 bits per heavy atom. The van der Waals surface area contributed by atoms with E-state index in [1.807, 2.05) is 19.1 Å². The minimum absolute atomic E-state index is 0.0717. The first-order chi connectivity index (χ1) is 15.9. The number of morpholine rings is 1. The van der Waals surface area contributed by atoms with Crippen LogP contribution < -0.4 is 10.2 Å². The van der Waals surface area contributed by atoms with Crippen molar-refractivity contribution < 1.29 is 9.53 Å². The van der Waals surface area contributed by atoms with E-state index in [0.717, 1.165) is 41.9 Å². The molecule has 172 valence electrons. The first-order valence-corrected chi connectivity index (χ1v) is 11.4. The maximum absolute atomic E-state index is 12.5. The lowest BCUT2D eigenvalue weighted by atomic mass is 9.76. The second-order valence-corrected chi connectivity index (χ2v) is 9.56. The second-order valence-electron chi connectivity index (χ2n) is 9.56. The van der Waals surface area contributed by atoms with Crippen LogP contribution in [-0.2, 0) is 28.9 Å². The molecule has 0 unspecified atom stereocenters. The zero-order valence-electron chi connectivity index (χ0n) is 19.3. The van der Waals surface area contributed by atoms with E-state index in [1.54, 1.807) is 17.3 Å². The van der Waals surface area contributed by atoms with Crippen molar-refractivity contribution in [2.75, 3.05) is 30.0 Å². The van der Waals surface area contributed by atoms with Crippen LogP contribution in [0.1, 0.15) is 42.9 Å². The van der Waals surface area contributed by atoms with E-state index in [-0.39, 0.29) is 17.9 Å². The van der Waals surface area contributed by atoms with E-state index in [1.165, 1.54) is 11.3 Å². The molecular formula is C24H29N7O2. The number of hydrogen-bond donors (Lipinski definition) is 2. The molecule has 0 spiro atoms. The lowest BCUT2D eigenvalue weighted by molar-refractivity contribution is -0.125. The Balaban J connectivity index is 1.50. The summed E-state index contributed by atoms with van der Waals surface area (Å²) in [6, 6.07) is 3.96. The van der Waals surface area contributed by atoms with E-state index >= 15 is 0 Å². The van der Waals surface area contributed by atoms with Crippen LogP contribution in [0.2, 0.25) is 0 Å². The van der Waals surface area contributed by atoms with Crippen molar-refractivity contribution in [3.05, 3.63) is 47.2 Å². The Morgan fingerprint density at radius 2 is 2.06 bits per heavy atom. The lowest BCUT2D eigenvalue weighted by Gasteiger charge is -2.29. The lowest BCUT2D eigenvalue weighted by Crippen LogP contribution is -2.42. The van der Waals surface area contributed by atoms with Gasteiger partial charge < -0.3 is 10.1 Å². The normalized spacial score (nSPS) is 17.7. The monoisotopic (exact) mass is 447 g/mol. The van der Waals surface area contributed by atoms with Crippen molar-refractivity contribution in [3.8, 4) is 11.3 Å². The second kappa shape index (κ2) is 8.55. The molecule has 9 nitrogen and oxygen atoms in total. The minimum Gasteiger partial charge on any atom is -0.370 e. The molecule has 9 heteroatoms. The van der Waals surface area contributed by atoms with Gasteiger partial charge in [-0.15, -0.1) is 0 Å². The third-order valence-corrected chi connectivity index (χ3v) is 6.32. The third kappa shape index (κ3) is 4.59. The number of aromatic amines is 1. The number of aromatic nitrogens is 5. The first kappa shape index (κ1) is 21.5. The maximum Gasteiger partial charge on any atom is 0.254 e. The van der Waals surface area contributed by atoms with E-state index in [4.69, 9.17) is 9.72 Å². The average Bonchev–Trinajstić information content (AvgIpc) is 3.21. The summed E-state index contributed by atoms with van der Waals surface area (Å²) in [6.07, 6.45) is 6.68. The van der Waals surface area contributed by atoms with Crippen molar-refractivity contribution in [3.63, 3.8) is 0 Å². The largest absolute Gasteiger partial charge is 0.370 e. The molecule has 2 aliphatic rings. The Bertz CT molecular complexity index is 1170. The number of fused-ring (bicyclic) bond motifs is 1. The fourth-order valence-corrected chi connectivity index (χ4v) is 4.43. The van der Waals surface area contributed by atoms with Gasteiger partial charge in [-0.25, -0.2) is 15.0 Å². The minimum atomic E-state index is -0.0883. The molecule has 0 bridgehead atoms. The number of nitrogens with one attached hydrogen (secondary N) is 2. The molecule has 1 saturated heterocycles. The van der Waals surface area contributed by atoms with Crippen LogP contribution >= 0.6 is 0 Å². The quantitative estimate of drug-likeness (QED) is 0.619. The zero-order valence-corrected chi connectivity index (χ0v) is 19.3. The van der Waals surface area contributed by atoms with Crippen LogP contribution in [0.15, 0.2) is 24.5 Å². The van der Waals surface area contributed by atoms with Gasteiger partial charge in [-0.1, -0.05) is 13.8 Å². The molecule has 3 aromatic rings. The highest BCUT2D eigenvalue weighted by Crippen LogP contribution is 2.38. The summed E-state index contributed by atoms with van der Waals surface area (Å²) in [5.74, 6) is 1.93. The number of rotatable bonds is 5. The summed E-state index contributed by atoms with van der Waals surface area (Å²) >= 11 is 0. The third-order valence-electron chi connectivity index (χ3n) is 6.32. The predicted octanol–water partition coefficient (Wildman–Crippen LogP) is 3.06. The Labute approximate surface area is 193 Å². The molecule has 1 aliphatic heterocycles. The number of carbonyl (C=O) groups excluding carboxylic acids is 1. The van der Waals surface area contributed by atoms with Gasteiger partial charge in [0.2, 0.25) is 0 Å². The fourth-order valence-electron chi connectivity index (χ4n) is 4.43. The van der Waals surface area contributed by atoms with Crippen LogP contribution in [0.5, 0.6) is 0 Å². The molecule has 4 heterocycles. The molecule has 1 aliphatic carbocycles. The van der Waals surface area contributed by atoms with Crippen LogP contribution in [0.25, 0.3) is 11.3 Å². The van der Waals surface area contributed by atoms with Crippen molar-refractivity contribution in [1.82, 2.24) is 25.1 Å². The zero-order chi connectivity index (χ0) is 23.0. The van der Waals surface area contributed by atoms with Crippen LogP contribution in [0.4, 0.5) is 11.6 Å². The summed E-state index contributed by atoms with van der Waals surface area (Å²) in [6.45, 7) is 8.02. The van der Waals surface area contributed by atoms with E-state index < -0.39 is 0 Å². The molecule has 0 radical (unpaired) electrons. The Kier molecular flexibility index (Phi) is 5.57. The number of amides is 1. The van der Waals surface area contributed by atoms with Gasteiger partial charge >= 0.3 is 0 Å². The van der Waals surface area contributed by atoms with Crippen molar-refractivity contribution in [2.45, 2.75) is 46.6 Å². The van der Waals surface area contributed by atoms with Crippen molar-refractivity contribution in [1.29, 1.82) is 0 Å². The Morgan fingerprint density at radius 3 is 2.85 bits per heavy atom. The van der Waals surface area contributed by atoms with Crippen LogP contribution in [0, 0.1) is 12.3 Å². The summed E-state index contributed by atoms with van der Waals surface area (Å²) in [7, 11) is 0. The number of nitrogens with zero attached hydrogens (tertiary/aromatic N) is 5. The predicted molar refractivity (Wildman–Crippen MR) is 125 cm³/mol. The highest BCUT2D eigenvalue weighted by atomic mass is 16.5. The van der Waals surface area contributed by atoms with Crippen LogP contribution in [-0.4, -0.2) is 50.8 Å². The maximum atomic E-state index is 12.5. The molecule has 33 heavy (non-hydrogen) atoms. The number of ether oxygens (including phenoxy) is 1. The number of H-pyrrole nitrogens is 1. The van der Waals surface area contributed by atoms with Gasteiger partial charge in [0.05, 0.1) is 18.8 Å². The highest BCUT2D eigenvalue weighted by Gasteiger charge is 2.30. The van der Waals surface area contributed by atoms with Gasteiger partial charge in [0.15, 0.2) is 0 Å². The van der Waals surface area contributed by atoms with Gasteiger partial charge in [-0.3, -0.25) is 14.8 Å². The number of aryl methyl sites for hydroxylation is 1. The Hall–Kier alpha value is -3.33. The van der Waals surface area contributed by atoms with E-state index in [9.17, 15) is 4.79 Å². The number of pyridine rings is 1. The van der Waals surface area contributed by atoms with Gasteiger partial charge in [-0.05, 0) is 43.7 Å². The molecule has 2 N–H and O–H groups in total. The average molecular weight is 448 g/mol. The molecule has 1 fully saturated rings. The molecule has 1 amide bonds. The van der Waals surface area contributed by atoms with Crippen molar-refractivity contribution in [2.24, 2.45) is 5.41 Å². The smallest absolute Gasteiger partial charge is 0.254 e. The number of carbonyl (C=O) groups is 1. The molecule has 3 aromatic heterocycles. The summed E-state index contributed by atoms with van der Waals surface area (Å²) < 4.78 is 5.31. The van der Waals surface area contributed by atoms with Gasteiger partial charge in [0, 0.05) is 41.3 Å². The van der Waals surface area contributed by atoms with Crippen LogP contribution in [0.3, 0.4) is 0 Å². The highest BCUT2D eigenvalue weighted by molar-refractivity contribution is 5.94. The fraction of sp³-hybridized carbons (Fsp3) is 0.458. The van der Waals surface area contributed by atoms with E-state index in [2.05, 4.69) is 39.3 Å². The number of hydrogen-bond acceptors (Lipinski definition) is 7. The SMILES string of the molecule is Cc1ncc(CNc2cc(-c3n[nH]c4c3CCC(C)(C)C4)cc(N3CCOCC3=O)n2)cn1. The number of anilines is 2. The molecule has 0 saturated carbocycles. The molecule has 0 atom stereocenters. The summed E-state index contributed by atoms with van der Waals surface area (Å²) in [5, 5.41) is 11.3. The van der Waals surface area contributed by atoms with Gasteiger partial charge in [0.25, 0.3) is 5.91 Å². The first-order valence-electron chi connectivity index (χ1n) is 11.4. The standard InChI is InChI=1S/C24H29N7O2/c1-15-25-11-16(12-26-15)13-27-20-8-17(9-21(28-20)31-6-7-33-14-22(31)32)23-18-4-5-24(2,3)10-19(18)29-30-23/h8-9,11-12H,4-7,10,13-14H2,1-3H3,(H,27,28)(H,29,30). The van der Waals surface area contributed by atoms with Gasteiger partial charge in [0.1, 0.15) is 24.1 Å². The molecule has 0 aromatic carbocycles. The molecule has 5 rings (SSSR count). The van der Waals surface area contributed by atoms with E-state index in [0.29, 0.717) is 31.3 Å².